The standard InChI is InChI=1S/C20H24N4O4/c1-12-15-8-9-24(20(26)18(15)23(3)22-12)13(2)19(25)21-11-14-6-7-16(27-4)17(10-14)28-5/h6-10,13H,11H2,1-5H3,(H,21,25). The van der Waals surface area contributed by atoms with Crippen LogP contribution in [0.2, 0.25) is 0 Å². The van der Waals surface area contributed by atoms with E-state index in [0.717, 1.165) is 16.6 Å². The fourth-order valence-electron chi connectivity index (χ4n) is 3.23. The molecule has 3 rings (SSSR count). The van der Waals surface area contributed by atoms with E-state index in [2.05, 4.69) is 10.4 Å². The minimum Gasteiger partial charge on any atom is -0.493 e. The van der Waals surface area contributed by atoms with Crippen molar-refractivity contribution in [1.29, 1.82) is 0 Å². The number of ether oxygens (including phenoxy) is 2. The number of aryl methyl sites for hydroxylation is 2. The van der Waals surface area contributed by atoms with Gasteiger partial charge in [0.2, 0.25) is 5.91 Å². The lowest BCUT2D eigenvalue weighted by Crippen LogP contribution is -2.35. The van der Waals surface area contributed by atoms with Crippen LogP contribution in [0.25, 0.3) is 10.9 Å². The molecule has 0 fully saturated rings. The number of nitrogens with one attached hydrogen (secondary N) is 1. The van der Waals surface area contributed by atoms with Gasteiger partial charge in [-0.1, -0.05) is 6.07 Å². The number of hydrogen-bond acceptors (Lipinski definition) is 5. The molecule has 2 heterocycles. The maximum Gasteiger partial charge on any atom is 0.277 e. The molecule has 1 N–H and O–H groups in total. The summed E-state index contributed by atoms with van der Waals surface area (Å²) in [5.41, 5.74) is 1.89. The van der Waals surface area contributed by atoms with Crippen LogP contribution in [0.1, 0.15) is 24.2 Å². The van der Waals surface area contributed by atoms with Crippen LogP contribution in [0.4, 0.5) is 0 Å². The van der Waals surface area contributed by atoms with E-state index in [1.807, 2.05) is 19.1 Å². The van der Waals surface area contributed by atoms with Crippen LogP contribution in [-0.2, 0) is 18.4 Å². The highest BCUT2D eigenvalue weighted by molar-refractivity contribution is 5.83. The molecule has 8 heteroatoms. The molecule has 3 aromatic rings. The van der Waals surface area contributed by atoms with Crippen LogP contribution in [-0.4, -0.2) is 34.5 Å². The Morgan fingerprint density at radius 1 is 1.21 bits per heavy atom. The fourth-order valence-corrected chi connectivity index (χ4v) is 3.23. The Kier molecular flexibility index (Phi) is 5.39. The van der Waals surface area contributed by atoms with Crippen molar-refractivity contribution in [2.75, 3.05) is 14.2 Å². The lowest BCUT2D eigenvalue weighted by molar-refractivity contribution is -0.124. The number of amides is 1. The third-order valence-electron chi connectivity index (χ3n) is 4.82. The molecule has 0 saturated carbocycles. The zero-order valence-corrected chi connectivity index (χ0v) is 16.6. The Hall–Kier alpha value is -3.29. The third-order valence-corrected chi connectivity index (χ3v) is 4.82. The number of rotatable bonds is 6. The van der Waals surface area contributed by atoms with E-state index in [1.54, 1.807) is 51.2 Å². The number of pyridine rings is 1. The lowest BCUT2D eigenvalue weighted by atomic mass is 10.2. The van der Waals surface area contributed by atoms with Crippen molar-refractivity contribution in [3.05, 3.63) is 52.1 Å². The summed E-state index contributed by atoms with van der Waals surface area (Å²) in [6.07, 6.45) is 1.64. The molecular weight excluding hydrogens is 360 g/mol. The zero-order chi connectivity index (χ0) is 20.4. The minimum absolute atomic E-state index is 0.241. The van der Waals surface area contributed by atoms with Crippen molar-refractivity contribution in [2.45, 2.75) is 26.4 Å². The molecule has 1 unspecified atom stereocenters. The fraction of sp³-hybridized carbons (Fsp3) is 0.350. The average Bonchev–Trinajstić information content (AvgIpc) is 2.99. The average molecular weight is 384 g/mol. The summed E-state index contributed by atoms with van der Waals surface area (Å²) in [6.45, 7) is 3.86. The summed E-state index contributed by atoms with van der Waals surface area (Å²) in [4.78, 5) is 25.5. The molecule has 2 aromatic heterocycles. The van der Waals surface area contributed by atoms with Gasteiger partial charge in [0.15, 0.2) is 11.5 Å². The normalized spacial score (nSPS) is 12.0. The molecular formula is C20H24N4O4. The van der Waals surface area contributed by atoms with E-state index in [1.165, 1.54) is 4.57 Å². The van der Waals surface area contributed by atoms with Gasteiger partial charge < -0.3 is 19.4 Å². The van der Waals surface area contributed by atoms with Crippen molar-refractivity contribution in [2.24, 2.45) is 7.05 Å². The van der Waals surface area contributed by atoms with Crippen molar-refractivity contribution < 1.29 is 14.3 Å². The van der Waals surface area contributed by atoms with Gasteiger partial charge in [-0.3, -0.25) is 14.3 Å². The summed E-state index contributed by atoms with van der Waals surface area (Å²) in [6, 6.07) is 6.60. The molecule has 8 nitrogen and oxygen atoms in total. The van der Waals surface area contributed by atoms with Gasteiger partial charge in [0.25, 0.3) is 5.56 Å². The third kappa shape index (κ3) is 3.45. The number of hydrogen-bond donors (Lipinski definition) is 1. The van der Waals surface area contributed by atoms with Crippen LogP contribution in [0.3, 0.4) is 0 Å². The number of fused-ring (bicyclic) bond motifs is 1. The van der Waals surface area contributed by atoms with Gasteiger partial charge in [0.05, 0.1) is 19.9 Å². The molecule has 0 bridgehead atoms. The van der Waals surface area contributed by atoms with Crippen molar-refractivity contribution in [1.82, 2.24) is 19.7 Å². The molecule has 1 amide bonds. The first kappa shape index (κ1) is 19.5. The van der Waals surface area contributed by atoms with E-state index in [-0.39, 0.29) is 11.5 Å². The topological polar surface area (TPSA) is 87.4 Å². The molecule has 0 aliphatic carbocycles. The van der Waals surface area contributed by atoms with Gasteiger partial charge in [-0.25, -0.2) is 0 Å². The van der Waals surface area contributed by atoms with Crippen LogP contribution < -0.4 is 20.3 Å². The largest absolute Gasteiger partial charge is 0.493 e. The Bertz CT molecular complexity index is 1080. The summed E-state index contributed by atoms with van der Waals surface area (Å²) in [5, 5.41) is 7.94. The molecule has 1 atom stereocenters. The summed E-state index contributed by atoms with van der Waals surface area (Å²) < 4.78 is 13.5. The Labute approximate surface area is 162 Å². The molecule has 0 radical (unpaired) electrons. The SMILES string of the molecule is COc1ccc(CNC(=O)C(C)n2ccc3c(C)nn(C)c3c2=O)cc1OC. The Morgan fingerprint density at radius 3 is 2.61 bits per heavy atom. The number of benzene rings is 1. The van der Waals surface area contributed by atoms with Crippen molar-refractivity contribution in [3.8, 4) is 11.5 Å². The molecule has 0 saturated heterocycles. The number of carbonyl (C=O) groups excluding carboxylic acids is 1. The number of methoxy groups -OCH3 is 2. The minimum atomic E-state index is -0.660. The van der Waals surface area contributed by atoms with Gasteiger partial charge in [0.1, 0.15) is 11.6 Å². The first-order valence-electron chi connectivity index (χ1n) is 8.90. The molecule has 148 valence electrons. The smallest absolute Gasteiger partial charge is 0.277 e. The number of nitrogens with zero attached hydrogens (tertiary/aromatic N) is 3. The quantitative estimate of drug-likeness (QED) is 0.702. The van der Waals surface area contributed by atoms with E-state index in [9.17, 15) is 9.59 Å². The molecule has 0 aliphatic rings. The summed E-state index contributed by atoms with van der Waals surface area (Å²) >= 11 is 0. The van der Waals surface area contributed by atoms with Crippen LogP contribution in [0.5, 0.6) is 11.5 Å². The van der Waals surface area contributed by atoms with Gasteiger partial charge in [0, 0.05) is 25.2 Å². The van der Waals surface area contributed by atoms with Gasteiger partial charge >= 0.3 is 0 Å². The first-order chi connectivity index (χ1) is 13.4. The van der Waals surface area contributed by atoms with Gasteiger partial charge in [-0.2, -0.15) is 5.10 Å². The lowest BCUT2D eigenvalue weighted by Gasteiger charge is -2.16. The van der Waals surface area contributed by atoms with E-state index in [4.69, 9.17) is 9.47 Å². The van der Waals surface area contributed by atoms with Gasteiger partial charge in [-0.15, -0.1) is 0 Å². The highest BCUT2D eigenvalue weighted by Gasteiger charge is 2.19. The highest BCUT2D eigenvalue weighted by atomic mass is 16.5. The zero-order valence-electron chi connectivity index (χ0n) is 16.6. The van der Waals surface area contributed by atoms with Crippen LogP contribution >= 0.6 is 0 Å². The van der Waals surface area contributed by atoms with Gasteiger partial charge in [-0.05, 0) is 37.6 Å². The second-order valence-electron chi connectivity index (χ2n) is 6.58. The Morgan fingerprint density at radius 2 is 1.93 bits per heavy atom. The van der Waals surface area contributed by atoms with Crippen LogP contribution in [0.15, 0.2) is 35.3 Å². The first-order valence-corrected chi connectivity index (χ1v) is 8.90. The summed E-state index contributed by atoms with van der Waals surface area (Å²) in [7, 11) is 4.85. The van der Waals surface area contributed by atoms with E-state index >= 15 is 0 Å². The molecule has 0 aliphatic heterocycles. The summed E-state index contributed by atoms with van der Waals surface area (Å²) in [5.74, 6) is 0.961. The number of aromatic nitrogens is 3. The monoisotopic (exact) mass is 384 g/mol. The maximum atomic E-state index is 12.8. The molecule has 1 aromatic carbocycles. The van der Waals surface area contributed by atoms with Crippen molar-refractivity contribution in [3.63, 3.8) is 0 Å². The molecule has 28 heavy (non-hydrogen) atoms. The Balaban J connectivity index is 1.78. The number of carbonyl (C=O) groups is 1. The second-order valence-corrected chi connectivity index (χ2v) is 6.58. The van der Waals surface area contributed by atoms with Crippen molar-refractivity contribution >= 4 is 16.8 Å². The maximum absolute atomic E-state index is 12.8. The second kappa shape index (κ2) is 7.75. The van der Waals surface area contributed by atoms with E-state index in [0.29, 0.717) is 23.6 Å². The molecule has 0 spiro atoms. The van der Waals surface area contributed by atoms with E-state index < -0.39 is 6.04 Å². The van der Waals surface area contributed by atoms with Crippen LogP contribution in [0, 0.1) is 6.92 Å². The predicted octanol–water partition coefficient (Wildman–Crippen LogP) is 1.94. The highest BCUT2D eigenvalue weighted by Crippen LogP contribution is 2.27. The predicted molar refractivity (Wildman–Crippen MR) is 106 cm³/mol.